The Kier molecular flexibility index (Phi) is 8.58. The number of hydrogen-bond acceptors (Lipinski definition) is 4. The predicted molar refractivity (Wildman–Crippen MR) is 110 cm³/mol. The fourth-order valence-electron chi connectivity index (χ4n) is 3.58. The van der Waals surface area contributed by atoms with Crippen molar-refractivity contribution in [1.82, 2.24) is 15.7 Å². The van der Waals surface area contributed by atoms with E-state index < -0.39 is 23.2 Å². The summed E-state index contributed by atoms with van der Waals surface area (Å²) in [6, 6.07) is 4.96. The zero-order valence-corrected chi connectivity index (χ0v) is 17.5. The lowest BCUT2D eigenvalue weighted by molar-refractivity contribution is -0.141. The van der Waals surface area contributed by atoms with Crippen LogP contribution in [0.1, 0.15) is 46.0 Å². The number of nitrogens with zero attached hydrogens (tertiary/aromatic N) is 1. The number of rotatable bonds is 9. The van der Waals surface area contributed by atoms with Crippen molar-refractivity contribution in [2.45, 2.75) is 46.0 Å². The number of anilines is 1. The molecule has 1 aliphatic rings. The number of halogens is 1. The van der Waals surface area contributed by atoms with Crippen LogP contribution in [0.5, 0.6) is 0 Å². The molecule has 0 aromatic heterocycles. The van der Waals surface area contributed by atoms with Crippen LogP contribution in [0.3, 0.4) is 0 Å². The monoisotopic (exact) mass is 422 g/mol. The Balaban J connectivity index is 1.87. The molecule has 4 amide bonds. The van der Waals surface area contributed by atoms with E-state index in [4.69, 9.17) is 5.21 Å². The molecular formula is C21H31FN4O4. The molecule has 166 valence electrons. The first-order chi connectivity index (χ1) is 14.2. The summed E-state index contributed by atoms with van der Waals surface area (Å²) in [4.78, 5) is 38.1. The number of benzene rings is 1. The van der Waals surface area contributed by atoms with E-state index in [-0.39, 0.29) is 25.4 Å². The van der Waals surface area contributed by atoms with Crippen LogP contribution in [0.4, 0.5) is 14.9 Å². The van der Waals surface area contributed by atoms with Gasteiger partial charge in [-0.3, -0.25) is 14.8 Å². The second-order valence-electron chi connectivity index (χ2n) is 8.62. The second kappa shape index (κ2) is 10.9. The molecule has 1 fully saturated rings. The highest BCUT2D eigenvalue weighted by Crippen LogP contribution is 2.27. The summed E-state index contributed by atoms with van der Waals surface area (Å²) in [7, 11) is 0. The minimum Gasteiger partial charge on any atom is -0.337 e. The molecule has 8 nitrogen and oxygen atoms in total. The van der Waals surface area contributed by atoms with Gasteiger partial charge in [-0.2, -0.15) is 0 Å². The van der Waals surface area contributed by atoms with E-state index in [9.17, 15) is 18.8 Å². The number of nitrogens with one attached hydrogen (secondary N) is 3. The van der Waals surface area contributed by atoms with Gasteiger partial charge in [0.2, 0.25) is 5.91 Å². The number of urea groups is 1. The SMILES string of the molecule is CC(C)(CNC(=O)Nc1ccc(F)cc1)CC(=O)N(CC(=O)NO)CC1CCCC1. The van der Waals surface area contributed by atoms with E-state index in [1.54, 1.807) is 5.48 Å². The van der Waals surface area contributed by atoms with Crippen LogP contribution in [0, 0.1) is 17.2 Å². The molecule has 0 saturated heterocycles. The summed E-state index contributed by atoms with van der Waals surface area (Å²) in [5, 5.41) is 14.2. The molecule has 30 heavy (non-hydrogen) atoms. The molecule has 0 radical (unpaired) electrons. The van der Waals surface area contributed by atoms with Crippen molar-refractivity contribution in [2.75, 3.05) is 25.0 Å². The van der Waals surface area contributed by atoms with E-state index in [0.29, 0.717) is 18.2 Å². The third-order valence-electron chi connectivity index (χ3n) is 5.22. The third-order valence-corrected chi connectivity index (χ3v) is 5.22. The van der Waals surface area contributed by atoms with E-state index in [1.165, 1.54) is 29.2 Å². The zero-order valence-electron chi connectivity index (χ0n) is 17.5. The summed E-state index contributed by atoms with van der Waals surface area (Å²) >= 11 is 0. The molecule has 1 saturated carbocycles. The van der Waals surface area contributed by atoms with E-state index in [1.807, 2.05) is 13.8 Å². The fraction of sp³-hybridized carbons (Fsp3) is 0.571. The quantitative estimate of drug-likeness (QED) is 0.362. The standard InChI is InChI=1S/C21H31FN4O4/c1-21(2,14-23-20(29)24-17-9-7-16(22)8-10-17)11-19(28)26(13-18(27)25-30)12-15-5-3-4-6-15/h7-10,15,30H,3-6,11-14H2,1-2H3,(H,25,27)(H2,23,24,29). The average Bonchev–Trinajstić information content (AvgIpc) is 3.20. The normalized spacial score (nSPS) is 14.3. The molecule has 2 rings (SSSR count). The molecule has 0 atom stereocenters. The Morgan fingerprint density at radius 2 is 1.80 bits per heavy atom. The van der Waals surface area contributed by atoms with Gasteiger partial charge in [0, 0.05) is 25.2 Å². The summed E-state index contributed by atoms with van der Waals surface area (Å²) < 4.78 is 12.9. The summed E-state index contributed by atoms with van der Waals surface area (Å²) in [6.45, 7) is 4.22. The molecule has 1 aromatic carbocycles. The van der Waals surface area contributed by atoms with Crippen molar-refractivity contribution in [3.8, 4) is 0 Å². The second-order valence-corrected chi connectivity index (χ2v) is 8.62. The van der Waals surface area contributed by atoms with Gasteiger partial charge in [0.25, 0.3) is 5.91 Å². The first-order valence-electron chi connectivity index (χ1n) is 10.2. The first-order valence-corrected chi connectivity index (χ1v) is 10.2. The largest absolute Gasteiger partial charge is 0.337 e. The Labute approximate surface area is 176 Å². The van der Waals surface area contributed by atoms with Gasteiger partial charge in [-0.15, -0.1) is 0 Å². The van der Waals surface area contributed by atoms with Crippen molar-refractivity contribution in [1.29, 1.82) is 0 Å². The maximum atomic E-state index is 12.9. The maximum Gasteiger partial charge on any atom is 0.319 e. The van der Waals surface area contributed by atoms with Crippen LogP contribution < -0.4 is 16.1 Å². The molecular weight excluding hydrogens is 391 g/mol. The van der Waals surface area contributed by atoms with Gasteiger partial charge >= 0.3 is 6.03 Å². The molecule has 1 aliphatic carbocycles. The van der Waals surface area contributed by atoms with Crippen LogP contribution in [0.25, 0.3) is 0 Å². The average molecular weight is 423 g/mol. The van der Waals surface area contributed by atoms with Gasteiger partial charge in [-0.1, -0.05) is 26.7 Å². The summed E-state index contributed by atoms with van der Waals surface area (Å²) in [5.74, 6) is -0.854. The van der Waals surface area contributed by atoms with Crippen LogP contribution in [0.15, 0.2) is 24.3 Å². The number of amides is 4. The lowest BCUT2D eigenvalue weighted by Gasteiger charge is -2.30. The molecule has 0 unspecified atom stereocenters. The Hall–Kier alpha value is -2.68. The number of hydroxylamine groups is 1. The maximum absolute atomic E-state index is 12.9. The Bertz CT molecular complexity index is 733. The molecule has 1 aromatic rings. The zero-order chi connectivity index (χ0) is 22.1. The van der Waals surface area contributed by atoms with Gasteiger partial charge in [0.1, 0.15) is 12.4 Å². The van der Waals surface area contributed by atoms with Gasteiger partial charge in [-0.25, -0.2) is 14.7 Å². The van der Waals surface area contributed by atoms with Crippen molar-refractivity contribution >= 4 is 23.5 Å². The molecule has 0 aliphatic heterocycles. The van der Waals surface area contributed by atoms with Crippen molar-refractivity contribution < 1.29 is 24.0 Å². The molecule has 4 N–H and O–H groups in total. The highest BCUT2D eigenvalue weighted by Gasteiger charge is 2.29. The van der Waals surface area contributed by atoms with Gasteiger partial charge in [-0.05, 0) is 48.4 Å². The minimum atomic E-state index is -0.629. The molecule has 0 heterocycles. The van der Waals surface area contributed by atoms with Crippen molar-refractivity contribution in [3.05, 3.63) is 30.1 Å². The van der Waals surface area contributed by atoms with Gasteiger partial charge < -0.3 is 15.5 Å². The molecule has 0 spiro atoms. The highest BCUT2D eigenvalue weighted by atomic mass is 19.1. The number of hydrogen-bond donors (Lipinski definition) is 4. The van der Waals surface area contributed by atoms with E-state index in [0.717, 1.165) is 25.7 Å². The van der Waals surface area contributed by atoms with Crippen LogP contribution >= 0.6 is 0 Å². The van der Waals surface area contributed by atoms with Gasteiger partial charge in [0.15, 0.2) is 0 Å². The van der Waals surface area contributed by atoms with E-state index >= 15 is 0 Å². The predicted octanol–water partition coefficient (Wildman–Crippen LogP) is 2.89. The molecule has 9 heteroatoms. The van der Waals surface area contributed by atoms with Crippen LogP contribution in [-0.2, 0) is 9.59 Å². The number of carbonyl (C=O) groups is 3. The topological polar surface area (TPSA) is 111 Å². The Morgan fingerprint density at radius 1 is 1.17 bits per heavy atom. The van der Waals surface area contributed by atoms with Crippen molar-refractivity contribution in [3.63, 3.8) is 0 Å². The van der Waals surface area contributed by atoms with Gasteiger partial charge in [0.05, 0.1) is 0 Å². The number of carbonyl (C=O) groups excluding carboxylic acids is 3. The lowest BCUT2D eigenvalue weighted by atomic mass is 9.88. The molecule has 0 bridgehead atoms. The summed E-state index contributed by atoms with van der Waals surface area (Å²) in [5.41, 5.74) is 1.49. The van der Waals surface area contributed by atoms with Crippen LogP contribution in [0.2, 0.25) is 0 Å². The smallest absolute Gasteiger partial charge is 0.319 e. The minimum absolute atomic E-state index is 0.134. The van der Waals surface area contributed by atoms with E-state index in [2.05, 4.69) is 10.6 Å². The Morgan fingerprint density at radius 3 is 2.40 bits per heavy atom. The highest BCUT2D eigenvalue weighted by molar-refractivity contribution is 5.89. The van der Waals surface area contributed by atoms with Crippen LogP contribution in [-0.4, -0.2) is 47.6 Å². The first kappa shape index (κ1) is 23.6. The lowest BCUT2D eigenvalue weighted by Crippen LogP contribution is -2.45. The summed E-state index contributed by atoms with van der Waals surface area (Å²) in [6.07, 6.45) is 4.43. The van der Waals surface area contributed by atoms with Crippen molar-refractivity contribution in [2.24, 2.45) is 11.3 Å². The fourth-order valence-corrected chi connectivity index (χ4v) is 3.58. The third kappa shape index (κ3) is 7.98.